The van der Waals surface area contributed by atoms with Crippen molar-refractivity contribution >= 4 is 38.5 Å². The van der Waals surface area contributed by atoms with Crippen molar-refractivity contribution in [2.45, 2.75) is 14.7 Å². The molecule has 0 fully saturated rings. The van der Waals surface area contributed by atoms with Crippen LogP contribution >= 0.6 is 11.8 Å². The van der Waals surface area contributed by atoms with Crippen molar-refractivity contribution in [1.82, 2.24) is 14.4 Å². The maximum atomic E-state index is 13.2. The number of para-hydroxylation sites is 1. The van der Waals surface area contributed by atoms with Crippen LogP contribution in [0.5, 0.6) is 0 Å². The van der Waals surface area contributed by atoms with Gasteiger partial charge in [-0.1, -0.05) is 41.2 Å². The van der Waals surface area contributed by atoms with Crippen molar-refractivity contribution in [2.75, 3.05) is 0 Å². The molecule has 140 valence electrons. The number of nitro groups is 1. The maximum absolute atomic E-state index is 13.2. The van der Waals surface area contributed by atoms with Crippen molar-refractivity contribution in [2.24, 2.45) is 0 Å². The lowest BCUT2D eigenvalue weighted by atomic mass is 10.3. The number of nitrogens with zero attached hydrogens (tertiary/aromatic N) is 4. The van der Waals surface area contributed by atoms with E-state index in [1.807, 2.05) is 0 Å². The van der Waals surface area contributed by atoms with Crippen molar-refractivity contribution in [3.05, 3.63) is 82.9 Å². The van der Waals surface area contributed by atoms with Gasteiger partial charge in [0.25, 0.3) is 15.7 Å². The summed E-state index contributed by atoms with van der Waals surface area (Å²) >= 11 is 1.20. The van der Waals surface area contributed by atoms with E-state index in [1.165, 1.54) is 30.0 Å². The van der Waals surface area contributed by atoms with Gasteiger partial charge >= 0.3 is 0 Å². The van der Waals surface area contributed by atoms with Gasteiger partial charge < -0.3 is 0 Å². The molecule has 0 N–H and O–H groups in total. The fourth-order valence-corrected chi connectivity index (χ4v) is 5.22. The van der Waals surface area contributed by atoms with Gasteiger partial charge in [0, 0.05) is 21.9 Å². The van der Waals surface area contributed by atoms with Crippen LogP contribution in [0, 0.1) is 10.1 Å². The molecule has 1 heterocycles. The number of aromatic nitrogens is 3. The predicted octanol–water partition coefficient (Wildman–Crippen LogP) is 3.73. The summed E-state index contributed by atoms with van der Waals surface area (Å²) in [6, 6.07) is 19.3. The largest absolute Gasteiger partial charge is 0.286 e. The molecule has 0 unspecified atom stereocenters. The minimum absolute atomic E-state index is 0.0284. The Morgan fingerprint density at radius 3 is 2.36 bits per heavy atom. The normalized spacial score (nSPS) is 11.6. The molecular formula is C18H12N4O4S2. The fourth-order valence-electron chi connectivity index (χ4n) is 2.63. The van der Waals surface area contributed by atoms with Gasteiger partial charge in [0.1, 0.15) is 15.9 Å². The number of benzene rings is 3. The lowest BCUT2D eigenvalue weighted by Crippen LogP contribution is -2.15. The van der Waals surface area contributed by atoms with E-state index in [4.69, 9.17) is 0 Å². The summed E-state index contributed by atoms with van der Waals surface area (Å²) in [7, 11) is -3.98. The van der Waals surface area contributed by atoms with Crippen LogP contribution in [0.2, 0.25) is 0 Å². The third-order valence-corrected chi connectivity index (χ3v) is 6.80. The Morgan fingerprint density at radius 1 is 0.929 bits per heavy atom. The molecular weight excluding hydrogens is 400 g/mol. The van der Waals surface area contributed by atoms with E-state index in [0.717, 1.165) is 4.09 Å². The van der Waals surface area contributed by atoms with E-state index in [1.54, 1.807) is 54.6 Å². The van der Waals surface area contributed by atoms with Crippen LogP contribution in [-0.2, 0) is 10.0 Å². The van der Waals surface area contributed by atoms with Crippen LogP contribution in [0.3, 0.4) is 0 Å². The van der Waals surface area contributed by atoms with Gasteiger partial charge in [-0.15, -0.1) is 9.19 Å². The Hall–Kier alpha value is -3.24. The average molecular weight is 412 g/mol. The Morgan fingerprint density at radius 2 is 1.61 bits per heavy atom. The fraction of sp³-hybridized carbons (Fsp3) is 0. The quantitative estimate of drug-likeness (QED) is 0.363. The Bertz CT molecular complexity index is 1280. The smallest absolute Gasteiger partial charge is 0.258 e. The second kappa shape index (κ2) is 7.06. The van der Waals surface area contributed by atoms with Gasteiger partial charge in [0.05, 0.1) is 4.92 Å². The molecule has 0 atom stereocenters. The SMILES string of the molecule is O=[N+]([O-])c1ccc(Sc2ccccc2S(=O)(=O)n2nnc3ccccc32)cc1. The second-order valence-electron chi connectivity index (χ2n) is 5.73. The van der Waals surface area contributed by atoms with Crippen LogP contribution in [0.4, 0.5) is 5.69 Å². The monoisotopic (exact) mass is 412 g/mol. The summed E-state index contributed by atoms with van der Waals surface area (Å²) in [5.41, 5.74) is 0.837. The minimum Gasteiger partial charge on any atom is -0.258 e. The van der Waals surface area contributed by atoms with Gasteiger partial charge in [0.2, 0.25) is 0 Å². The number of nitro benzene ring substituents is 1. The molecule has 3 aromatic carbocycles. The van der Waals surface area contributed by atoms with Crippen LogP contribution in [0.25, 0.3) is 11.0 Å². The predicted molar refractivity (Wildman–Crippen MR) is 104 cm³/mol. The molecule has 0 saturated heterocycles. The highest BCUT2D eigenvalue weighted by molar-refractivity contribution is 8.00. The van der Waals surface area contributed by atoms with Gasteiger partial charge in [-0.25, -0.2) is 0 Å². The summed E-state index contributed by atoms with van der Waals surface area (Å²) in [4.78, 5) is 11.6. The number of hydrogen-bond acceptors (Lipinski definition) is 7. The number of rotatable bonds is 5. The van der Waals surface area contributed by atoms with E-state index in [2.05, 4.69) is 10.3 Å². The van der Waals surface area contributed by atoms with Crippen molar-refractivity contribution in [3.63, 3.8) is 0 Å². The minimum atomic E-state index is -3.98. The van der Waals surface area contributed by atoms with Crippen LogP contribution in [-0.4, -0.2) is 27.7 Å². The summed E-state index contributed by atoms with van der Waals surface area (Å²) in [5.74, 6) is 0. The summed E-state index contributed by atoms with van der Waals surface area (Å²) < 4.78 is 27.4. The Kier molecular flexibility index (Phi) is 4.57. The third kappa shape index (κ3) is 3.23. The van der Waals surface area contributed by atoms with Gasteiger partial charge in [-0.3, -0.25) is 10.1 Å². The first-order chi connectivity index (χ1) is 13.5. The highest BCUT2D eigenvalue weighted by Gasteiger charge is 2.24. The molecule has 4 aromatic rings. The van der Waals surface area contributed by atoms with E-state index >= 15 is 0 Å². The molecule has 0 aliphatic rings. The van der Waals surface area contributed by atoms with E-state index in [0.29, 0.717) is 20.8 Å². The molecule has 1 aromatic heterocycles. The second-order valence-corrected chi connectivity index (χ2v) is 8.58. The van der Waals surface area contributed by atoms with Crippen molar-refractivity contribution < 1.29 is 13.3 Å². The topological polar surface area (TPSA) is 108 Å². The van der Waals surface area contributed by atoms with Gasteiger partial charge in [-0.05, 0) is 36.4 Å². The molecule has 4 rings (SSSR count). The maximum Gasteiger partial charge on any atom is 0.286 e. The van der Waals surface area contributed by atoms with Gasteiger partial charge in [-0.2, -0.15) is 8.42 Å². The molecule has 0 bridgehead atoms. The van der Waals surface area contributed by atoms with E-state index in [-0.39, 0.29) is 10.6 Å². The molecule has 0 radical (unpaired) electrons. The molecule has 0 aliphatic carbocycles. The van der Waals surface area contributed by atoms with Crippen LogP contribution in [0.1, 0.15) is 0 Å². The van der Waals surface area contributed by atoms with E-state index in [9.17, 15) is 18.5 Å². The Balaban J connectivity index is 1.76. The first-order valence-electron chi connectivity index (χ1n) is 8.04. The zero-order valence-corrected chi connectivity index (χ0v) is 15.8. The summed E-state index contributed by atoms with van der Waals surface area (Å²) in [6.45, 7) is 0. The summed E-state index contributed by atoms with van der Waals surface area (Å²) in [5, 5.41) is 18.5. The highest BCUT2D eigenvalue weighted by atomic mass is 32.2. The first kappa shape index (κ1) is 18.1. The third-order valence-electron chi connectivity index (χ3n) is 3.95. The zero-order valence-electron chi connectivity index (χ0n) is 14.2. The highest BCUT2D eigenvalue weighted by Crippen LogP contribution is 2.34. The molecule has 10 heteroatoms. The van der Waals surface area contributed by atoms with Crippen LogP contribution in [0.15, 0.2) is 87.5 Å². The van der Waals surface area contributed by atoms with Gasteiger partial charge in [0.15, 0.2) is 0 Å². The molecule has 0 amide bonds. The van der Waals surface area contributed by atoms with Crippen molar-refractivity contribution in [3.8, 4) is 0 Å². The summed E-state index contributed by atoms with van der Waals surface area (Å²) in [6.07, 6.45) is 0. The van der Waals surface area contributed by atoms with Crippen molar-refractivity contribution in [1.29, 1.82) is 0 Å². The molecule has 28 heavy (non-hydrogen) atoms. The Labute approximate surface area is 164 Å². The number of fused-ring (bicyclic) bond motifs is 1. The van der Waals surface area contributed by atoms with Crippen LogP contribution < -0.4 is 0 Å². The van der Waals surface area contributed by atoms with E-state index < -0.39 is 14.9 Å². The standard InChI is InChI=1S/C18H12N4O4S2/c23-22(24)13-9-11-14(12-10-13)27-17-7-3-4-8-18(17)28(25,26)21-16-6-2-1-5-15(16)19-20-21/h1-12H. The number of hydrogen-bond donors (Lipinski definition) is 0. The first-order valence-corrected chi connectivity index (χ1v) is 10.3. The zero-order chi connectivity index (χ0) is 19.7. The lowest BCUT2D eigenvalue weighted by Gasteiger charge is -2.10. The average Bonchev–Trinajstić information content (AvgIpc) is 3.14. The molecule has 0 saturated carbocycles. The lowest BCUT2D eigenvalue weighted by molar-refractivity contribution is -0.384. The molecule has 8 nitrogen and oxygen atoms in total. The molecule has 0 aliphatic heterocycles. The molecule has 0 spiro atoms. The number of non-ortho nitro benzene ring substituents is 1.